The first-order valence-electron chi connectivity index (χ1n) is 10.8. The van der Waals surface area contributed by atoms with E-state index in [2.05, 4.69) is 18.3 Å². The number of anilines is 1. The highest BCUT2D eigenvalue weighted by Crippen LogP contribution is 2.38. The summed E-state index contributed by atoms with van der Waals surface area (Å²) in [6, 6.07) is 8.12. The smallest absolute Gasteiger partial charge is 0.306 e. The number of rotatable bonds is 6. The number of benzene rings is 1. The molecule has 162 valence electrons. The molecule has 3 heterocycles. The lowest BCUT2D eigenvalue weighted by Crippen LogP contribution is -2.21. The van der Waals surface area contributed by atoms with Gasteiger partial charge in [0.25, 0.3) is 0 Å². The number of hydrogen-bond donors (Lipinski definition) is 2. The van der Waals surface area contributed by atoms with Crippen LogP contribution in [0, 0.1) is 5.92 Å². The van der Waals surface area contributed by atoms with Crippen molar-refractivity contribution in [2.75, 3.05) is 12.1 Å². The van der Waals surface area contributed by atoms with E-state index in [1.54, 1.807) is 11.3 Å². The predicted molar refractivity (Wildman–Crippen MR) is 119 cm³/mol. The number of ether oxygens (including phenoxy) is 2. The summed E-state index contributed by atoms with van der Waals surface area (Å²) < 4.78 is 10.9. The number of aliphatic carboxylic acids is 1. The van der Waals surface area contributed by atoms with Gasteiger partial charge in [0.2, 0.25) is 6.79 Å². The Bertz CT molecular complexity index is 1120. The number of carboxylic acids is 1. The fraction of sp³-hybridized carbons (Fsp3) is 0.435. The van der Waals surface area contributed by atoms with E-state index in [-0.39, 0.29) is 18.6 Å². The van der Waals surface area contributed by atoms with Gasteiger partial charge in [0.05, 0.1) is 11.3 Å². The van der Waals surface area contributed by atoms with Gasteiger partial charge in [-0.2, -0.15) is 0 Å². The minimum Gasteiger partial charge on any atom is -0.481 e. The van der Waals surface area contributed by atoms with Gasteiger partial charge in [-0.25, -0.2) is 9.97 Å². The number of aryl methyl sites for hydroxylation is 1. The van der Waals surface area contributed by atoms with Crippen molar-refractivity contribution in [1.82, 2.24) is 9.97 Å². The highest BCUT2D eigenvalue weighted by atomic mass is 32.1. The minimum absolute atomic E-state index is 0.207. The average molecular weight is 440 g/mol. The zero-order valence-electron chi connectivity index (χ0n) is 17.4. The second-order valence-electron chi connectivity index (χ2n) is 8.14. The summed E-state index contributed by atoms with van der Waals surface area (Å²) >= 11 is 1.71. The van der Waals surface area contributed by atoms with Crippen LogP contribution in [-0.4, -0.2) is 27.8 Å². The number of aromatic nitrogens is 2. The third kappa shape index (κ3) is 4.04. The van der Waals surface area contributed by atoms with Crippen molar-refractivity contribution in [1.29, 1.82) is 0 Å². The number of carbonyl (C=O) groups is 1. The average Bonchev–Trinajstić information content (AvgIpc) is 3.43. The van der Waals surface area contributed by atoms with E-state index in [1.165, 1.54) is 4.88 Å². The van der Waals surface area contributed by atoms with Crippen LogP contribution < -0.4 is 14.8 Å². The van der Waals surface area contributed by atoms with Crippen LogP contribution in [0.25, 0.3) is 10.2 Å². The first-order valence-corrected chi connectivity index (χ1v) is 11.6. The van der Waals surface area contributed by atoms with Gasteiger partial charge in [0.15, 0.2) is 11.5 Å². The second kappa shape index (κ2) is 8.34. The Morgan fingerprint density at radius 3 is 2.74 bits per heavy atom. The summed E-state index contributed by atoms with van der Waals surface area (Å²) in [5.74, 6) is 2.50. The lowest BCUT2D eigenvalue weighted by molar-refractivity contribution is -0.142. The molecule has 2 aliphatic rings. The molecule has 5 rings (SSSR count). The quantitative estimate of drug-likeness (QED) is 0.561. The van der Waals surface area contributed by atoms with Crippen molar-refractivity contribution in [3.8, 4) is 11.5 Å². The Labute approximate surface area is 184 Å². The lowest BCUT2D eigenvalue weighted by Gasteiger charge is -2.25. The summed E-state index contributed by atoms with van der Waals surface area (Å²) in [5.41, 5.74) is 1.09. The molecule has 1 aliphatic carbocycles. The Morgan fingerprint density at radius 1 is 1.16 bits per heavy atom. The van der Waals surface area contributed by atoms with Gasteiger partial charge < -0.3 is 19.9 Å². The molecule has 0 bridgehead atoms. The lowest BCUT2D eigenvalue weighted by atomic mass is 9.81. The van der Waals surface area contributed by atoms with Crippen LogP contribution in [0.15, 0.2) is 24.3 Å². The summed E-state index contributed by atoms with van der Waals surface area (Å²) in [7, 11) is 0. The minimum atomic E-state index is -0.688. The van der Waals surface area contributed by atoms with Gasteiger partial charge in [-0.3, -0.25) is 4.79 Å². The van der Waals surface area contributed by atoms with Crippen molar-refractivity contribution < 1.29 is 19.4 Å². The summed E-state index contributed by atoms with van der Waals surface area (Å²) in [4.78, 5) is 23.4. The highest BCUT2D eigenvalue weighted by molar-refractivity contribution is 7.18. The number of thiophene rings is 1. The Balaban J connectivity index is 1.41. The number of hydrogen-bond acceptors (Lipinski definition) is 7. The predicted octanol–water partition coefficient (Wildman–Crippen LogP) is 4.95. The van der Waals surface area contributed by atoms with Gasteiger partial charge in [-0.1, -0.05) is 13.0 Å². The van der Waals surface area contributed by atoms with Crippen LogP contribution in [0.5, 0.6) is 11.5 Å². The Morgan fingerprint density at radius 2 is 1.97 bits per heavy atom. The van der Waals surface area contributed by atoms with E-state index < -0.39 is 5.97 Å². The topological polar surface area (TPSA) is 93.6 Å². The van der Waals surface area contributed by atoms with E-state index >= 15 is 0 Å². The van der Waals surface area contributed by atoms with E-state index in [9.17, 15) is 9.90 Å². The van der Waals surface area contributed by atoms with Crippen molar-refractivity contribution in [3.05, 3.63) is 40.5 Å². The first kappa shape index (κ1) is 20.1. The van der Waals surface area contributed by atoms with Crippen LogP contribution >= 0.6 is 11.3 Å². The molecule has 0 amide bonds. The van der Waals surface area contributed by atoms with E-state index in [4.69, 9.17) is 19.4 Å². The zero-order valence-corrected chi connectivity index (χ0v) is 18.2. The summed E-state index contributed by atoms with van der Waals surface area (Å²) in [6.07, 6.45) is 3.96. The molecule has 0 saturated heterocycles. The SMILES string of the molecule is CCc1cc2c(NCc3ccc4c(c3)OCO4)nc(C3CCC(C(=O)O)CC3)nc2s1. The van der Waals surface area contributed by atoms with Crippen LogP contribution in [0.4, 0.5) is 5.82 Å². The monoisotopic (exact) mass is 439 g/mol. The normalized spacial score (nSPS) is 20.2. The molecule has 3 aromatic rings. The molecule has 2 N–H and O–H groups in total. The van der Waals surface area contributed by atoms with E-state index in [0.29, 0.717) is 19.4 Å². The number of nitrogens with one attached hydrogen (secondary N) is 1. The molecule has 31 heavy (non-hydrogen) atoms. The molecular weight excluding hydrogens is 414 g/mol. The molecule has 7 nitrogen and oxygen atoms in total. The van der Waals surface area contributed by atoms with Gasteiger partial charge in [0, 0.05) is 17.3 Å². The van der Waals surface area contributed by atoms with Gasteiger partial charge in [-0.15, -0.1) is 11.3 Å². The molecular formula is C23H25N3O4S. The van der Waals surface area contributed by atoms with Crippen LogP contribution in [-0.2, 0) is 17.8 Å². The third-order valence-electron chi connectivity index (χ3n) is 6.15. The molecule has 8 heteroatoms. The second-order valence-corrected chi connectivity index (χ2v) is 9.26. The molecule has 2 aromatic heterocycles. The third-order valence-corrected chi connectivity index (χ3v) is 7.32. The van der Waals surface area contributed by atoms with Gasteiger partial charge >= 0.3 is 5.97 Å². The van der Waals surface area contributed by atoms with Gasteiger partial charge in [-0.05, 0) is 55.9 Å². The molecule has 0 atom stereocenters. The fourth-order valence-corrected chi connectivity index (χ4v) is 5.29. The number of fused-ring (bicyclic) bond motifs is 2. The van der Waals surface area contributed by atoms with Crippen molar-refractivity contribution in [2.24, 2.45) is 5.92 Å². The zero-order chi connectivity index (χ0) is 21.4. The largest absolute Gasteiger partial charge is 0.481 e. The standard InChI is InChI=1S/C23H25N3O4S/c1-2-16-10-17-21(24-11-13-3-8-18-19(9-13)30-12-29-18)25-20(26-22(17)31-16)14-4-6-15(7-5-14)23(27)28/h3,8-10,14-15H,2,4-7,11-12H2,1H3,(H,27,28)(H,24,25,26). The van der Waals surface area contributed by atoms with E-state index in [0.717, 1.165) is 58.2 Å². The molecule has 1 fully saturated rings. The maximum absolute atomic E-state index is 11.3. The molecule has 1 aromatic carbocycles. The van der Waals surface area contributed by atoms with Gasteiger partial charge in [0.1, 0.15) is 16.5 Å². The molecule has 1 saturated carbocycles. The maximum Gasteiger partial charge on any atom is 0.306 e. The van der Waals surface area contributed by atoms with Crippen molar-refractivity contribution in [3.63, 3.8) is 0 Å². The van der Waals surface area contributed by atoms with E-state index in [1.807, 2.05) is 18.2 Å². The molecule has 0 spiro atoms. The summed E-state index contributed by atoms with van der Waals surface area (Å²) in [5, 5.41) is 13.8. The number of nitrogens with zero attached hydrogens (tertiary/aromatic N) is 2. The van der Waals surface area contributed by atoms with Crippen LogP contribution in [0.2, 0.25) is 0 Å². The Hall–Kier alpha value is -2.87. The van der Waals surface area contributed by atoms with Crippen molar-refractivity contribution in [2.45, 2.75) is 51.5 Å². The molecule has 1 aliphatic heterocycles. The van der Waals surface area contributed by atoms with Crippen molar-refractivity contribution >= 4 is 33.3 Å². The molecule has 0 radical (unpaired) electrons. The maximum atomic E-state index is 11.3. The van der Waals surface area contributed by atoms with Crippen LogP contribution in [0.3, 0.4) is 0 Å². The Kier molecular flexibility index (Phi) is 5.40. The summed E-state index contributed by atoms with van der Waals surface area (Å²) in [6.45, 7) is 3.03. The highest BCUT2D eigenvalue weighted by Gasteiger charge is 2.29. The van der Waals surface area contributed by atoms with Crippen LogP contribution in [0.1, 0.15) is 54.8 Å². The fourth-order valence-electron chi connectivity index (χ4n) is 4.31. The number of carboxylic acid groups (broad SMARTS) is 1. The first-order chi connectivity index (χ1) is 15.1. The molecule has 0 unspecified atom stereocenters.